The molecule has 2 N–H and O–H groups in total. The third kappa shape index (κ3) is 2.90. The molecule has 3 heteroatoms. The first-order chi connectivity index (χ1) is 8.66. The van der Waals surface area contributed by atoms with Crippen LogP contribution in [0.2, 0.25) is 0 Å². The second kappa shape index (κ2) is 5.81. The Balaban J connectivity index is 2.03. The summed E-state index contributed by atoms with van der Waals surface area (Å²) in [6.45, 7) is 2.31. The monoisotopic (exact) mass is 248 g/mol. The van der Waals surface area contributed by atoms with Crippen LogP contribution in [0.3, 0.4) is 0 Å². The van der Waals surface area contributed by atoms with Crippen molar-refractivity contribution in [2.45, 2.75) is 50.7 Å². The highest BCUT2D eigenvalue weighted by atomic mass is 16.5. The maximum absolute atomic E-state index is 6.43. The fourth-order valence-corrected chi connectivity index (χ4v) is 2.94. The Bertz CT molecular complexity index is 358. The normalized spacial score (nSPS) is 30.1. The quantitative estimate of drug-likeness (QED) is 0.890. The molecule has 1 heterocycles. The molecule has 0 saturated heterocycles. The second-order valence-electron chi connectivity index (χ2n) is 5.62. The average Bonchev–Trinajstić information content (AvgIpc) is 2.41. The van der Waals surface area contributed by atoms with Crippen LogP contribution in [0.1, 0.15) is 38.2 Å². The molecule has 0 amide bonds. The van der Waals surface area contributed by atoms with Crippen LogP contribution in [-0.2, 0) is 11.2 Å². The molecule has 18 heavy (non-hydrogen) atoms. The van der Waals surface area contributed by atoms with Crippen LogP contribution in [-0.4, -0.2) is 23.7 Å². The van der Waals surface area contributed by atoms with Gasteiger partial charge in [-0.1, -0.05) is 6.92 Å². The van der Waals surface area contributed by atoms with E-state index in [0.29, 0.717) is 0 Å². The molecule has 0 bridgehead atoms. The summed E-state index contributed by atoms with van der Waals surface area (Å²) in [5.74, 6) is 0.807. The summed E-state index contributed by atoms with van der Waals surface area (Å²) in [5, 5.41) is 0. The van der Waals surface area contributed by atoms with Gasteiger partial charge in [0.15, 0.2) is 0 Å². The summed E-state index contributed by atoms with van der Waals surface area (Å²) >= 11 is 0. The molecular weight excluding hydrogens is 224 g/mol. The Morgan fingerprint density at radius 2 is 2.00 bits per heavy atom. The van der Waals surface area contributed by atoms with Crippen molar-refractivity contribution in [2.24, 2.45) is 11.7 Å². The molecule has 0 aliphatic heterocycles. The van der Waals surface area contributed by atoms with Crippen LogP contribution in [0, 0.1) is 5.92 Å². The first-order valence-electron chi connectivity index (χ1n) is 6.86. The minimum absolute atomic E-state index is 0.0670. The number of pyridine rings is 1. The van der Waals surface area contributed by atoms with E-state index in [-0.39, 0.29) is 11.6 Å². The van der Waals surface area contributed by atoms with Crippen molar-refractivity contribution >= 4 is 0 Å². The Kier molecular flexibility index (Phi) is 4.36. The van der Waals surface area contributed by atoms with Gasteiger partial charge in [-0.3, -0.25) is 4.98 Å². The van der Waals surface area contributed by atoms with E-state index in [0.717, 1.165) is 25.2 Å². The predicted octanol–water partition coefficient (Wildman–Crippen LogP) is 2.55. The molecule has 0 spiro atoms. The minimum atomic E-state index is -0.129. The van der Waals surface area contributed by atoms with Crippen molar-refractivity contribution in [2.75, 3.05) is 7.11 Å². The minimum Gasteiger partial charge on any atom is -0.377 e. The van der Waals surface area contributed by atoms with Crippen molar-refractivity contribution in [3.8, 4) is 0 Å². The molecule has 1 saturated carbocycles. The van der Waals surface area contributed by atoms with E-state index in [2.05, 4.69) is 11.9 Å². The van der Waals surface area contributed by atoms with Gasteiger partial charge in [-0.25, -0.2) is 0 Å². The van der Waals surface area contributed by atoms with E-state index in [1.165, 1.54) is 18.4 Å². The standard InChI is InChI=1S/C15H24N2O/c1-12-3-7-15(18-2,8-4-12)14(16)11-13-5-9-17-10-6-13/h5-6,9-10,12,14H,3-4,7-8,11,16H2,1-2H3. The van der Waals surface area contributed by atoms with Crippen LogP contribution in [0.4, 0.5) is 0 Å². The van der Waals surface area contributed by atoms with Crippen molar-refractivity contribution < 1.29 is 4.74 Å². The number of aromatic nitrogens is 1. The molecule has 0 aromatic carbocycles. The summed E-state index contributed by atoms with van der Waals surface area (Å²) < 4.78 is 5.82. The van der Waals surface area contributed by atoms with Crippen LogP contribution in [0.15, 0.2) is 24.5 Å². The highest BCUT2D eigenvalue weighted by Crippen LogP contribution is 2.37. The first kappa shape index (κ1) is 13.5. The lowest BCUT2D eigenvalue weighted by atomic mass is 9.74. The predicted molar refractivity (Wildman–Crippen MR) is 73.3 cm³/mol. The first-order valence-corrected chi connectivity index (χ1v) is 6.86. The van der Waals surface area contributed by atoms with Crippen LogP contribution in [0.5, 0.6) is 0 Å². The molecule has 2 rings (SSSR count). The van der Waals surface area contributed by atoms with Gasteiger partial charge < -0.3 is 10.5 Å². The Labute approximate surface area is 110 Å². The van der Waals surface area contributed by atoms with E-state index < -0.39 is 0 Å². The van der Waals surface area contributed by atoms with Gasteiger partial charge in [0.05, 0.1) is 5.60 Å². The number of nitrogens with two attached hydrogens (primary N) is 1. The molecule has 1 unspecified atom stereocenters. The third-order valence-electron chi connectivity index (χ3n) is 4.41. The van der Waals surface area contributed by atoms with Gasteiger partial charge in [-0.2, -0.15) is 0 Å². The maximum atomic E-state index is 6.43. The van der Waals surface area contributed by atoms with Gasteiger partial charge in [0.1, 0.15) is 0 Å². The maximum Gasteiger partial charge on any atom is 0.0832 e. The van der Waals surface area contributed by atoms with Crippen molar-refractivity contribution in [3.63, 3.8) is 0 Å². The van der Waals surface area contributed by atoms with Crippen molar-refractivity contribution in [3.05, 3.63) is 30.1 Å². The van der Waals surface area contributed by atoms with Gasteiger partial charge in [0.2, 0.25) is 0 Å². The molecular formula is C15H24N2O. The summed E-state index contributed by atoms with van der Waals surface area (Å²) in [7, 11) is 1.81. The van der Waals surface area contributed by atoms with Crippen LogP contribution in [0.25, 0.3) is 0 Å². The van der Waals surface area contributed by atoms with Crippen molar-refractivity contribution in [1.29, 1.82) is 0 Å². The van der Waals surface area contributed by atoms with E-state index in [1.807, 2.05) is 31.6 Å². The van der Waals surface area contributed by atoms with Gasteiger partial charge in [-0.05, 0) is 55.7 Å². The van der Waals surface area contributed by atoms with E-state index >= 15 is 0 Å². The SMILES string of the molecule is COC1(C(N)Cc2ccncc2)CCC(C)CC1. The molecule has 100 valence electrons. The zero-order valence-corrected chi connectivity index (χ0v) is 11.4. The summed E-state index contributed by atoms with van der Waals surface area (Å²) in [5.41, 5.74) is 7.54. The number of hydrogen-bond donors (Lipinski definition) is 1. The number of rotatable bonds is 4. The molecule has 3 nitrogen and oxygen atoms in total. The number of methoxy groups -OCH3 is 1. The average molecular weight is 248 g/mol. The molecule has 1 fully saturated rings. The Morgan fingerprint density at radius 1 is 1.39 bits per heavy atom. The lowest BCUT2D eigenvalue weighted by molar-refractivity contribution is -0.0659. The Morgan fingerprint density at radius 3 is 2.56 bits per heavy atom. The van der Waals surface area contributed by atoms with Gasteiger partial charge in [0.25, 0.3) is 0 Å². The van der Waals surface area contributed by atoms with Gasteiger partial charge in [-0.15, -0.1) is 0 Å². The van der Waals surface area contributed by atoms with Crippen molar-refractivity contribution in [1.82, 2.24) is 4.98 Å². The highest BCUT2D eigenvalue weighted by molar-refractivity contribution is 5.13. The molecule has 1 atom stereocenters. The van der Waals surface area contributed by atoms with E-state index in [9.17, 15) is 0 Å². The molecule has 1 aromatic heterocycles. The van der Waals surface area contributed by atoms with E-state index in [4.69, 9.17) is 10.5 Å². The van der Waals surface area contributed by atoms with Crippen LogP contribution >= 0.6 is 0 Å². The van der Waals surface area contributed by atoms with Gasteiger partial charge in [0, 0.05) is 25.5 Å². The van der Waals surface area contributed by atoms with E-state index in [1.54, 1.807) is 0 Å². The Hall–Kier alpha value is -0.930. The number of ether oxygens (including phenoxy) is 1. The largest absolute Gasteiger partial charge is 0.377 e. The molecule has 1 aromatic rings. The van der Waals surface area contributed by atoms with Crippen LogP contribution < -0.4 is 5.73 Å². The summed E-state index contributed by atoms with van der Waals surface area (Å²) in [4.78, 5) is 4.04. The summed E-state index contributed by atoms with van der Waals surface area (Å²) in [6, 6.07) is 4.14. The molecule has 1 aliphatic rings. The second-order valence-corrected chi connectivity index (χ2v) is 5.62. The number of nitrogens with zero attached hydrogens (tertiary/aromatic N) is 1. The van der Waals surface area contributed by atoms with Gasteiger partial charge >= 0.3 is 0 Å². The smallest absolute Gasteiger partial charge is 0.0832 e. The zero-order chi connectivity index (χ0) is 13.0. The lowest BCUT2D eigenvalue weighted by Crippen LogP contribution is -2.52. The molecule has 1 aliphatic carbocycles. The molecule has 0 radical (unpaired) electrons. The number of hydrogen-bond acceptors (Lipinski definition) is 3. The fourth-order valence-electron chi connectivity index (χ4n) is 2.94. The topological polar surface area (TPSA) is 48.1 Å². The highest BCUT2D eigenvalue weighted by Gasteiger charge is 2.39. The summed E-state index contributed by atoms with van der Waals surface area (Å²) in [6.07, 6.45) is 9.11. The zero-order valence-electron chi connectivity index (χ0n) is 11.4. The fraction of sp³-hybridized carbons (Fsp3) is 0.667. The third-order valence-corrected chi connectivity index (χ3v) is 4.41. The lowest BCUT2D eigenvalue weighted by Gasteiger charge is -2.42.